The molecule has 1 saturated carbocycles. The number of ether oxygens (including phenoxy) is 1. The molecule has 7 nitrogen and oxygen atoms in total. The third kappa shape index (κ3) is 4.68. The lowest BCUT2D eigenvalue weighted by Gasteiger charge is -2.13. The van der Waals surface area contributed by atoms with Crippen molar-refractivity contribution in [3.8, 4) is 0 Å². The highest BCUT2D eigenvalue weighted by Gasteiger charge is 2.29. The van der Waals surface area contributed by atoms with Crippen LogP contribution in [-0.4, -0.2) is 40.0 Å². The zero-order valence-corrected chi connectivity index (χ0v) is 14.9. The van der Waals surface area contributed by atoms with Gasteiger partial charge in [0, 0.05) is 6.04 Å². The summed E-state index contributed by atoms with van der Waals surface area (Å²) in [5.74, 6) is -0.691. The minimum Gasteiger partial charge on any atom is -0.452 e. The highest BCUT2D eigenvalue weighted by atomic mass is 35.5. The smallest absolute Gasteiger partial charge is 0.338 e. The molecule has 0 radical (unpaired) electrons. The Balaban J connectivity index is 1.99. The van der Waals surface area contributed by atoms with Gasteiger partial charge in [-0.15, -0.1) is 0 Å². The molecule has 1 amide bonds. The first kappa shape index (κ1) is 18.7. The summed E-state index contributed by atoms with van der Waals surface area (Å²) in [6.45, 7) is 1.48. The molecule has 0 saturated heterocycles. The van der Waals surface area contributed by atoms with E-state index >= 15 is 0 Å². The van der Waals surface area contributed by atoms with Crippen LogP contribution in [0, 0.1) is 5.92 Å². The Labute approximate surface area is 145 Å². The van der Waals surface area contributed by atoms with Crippen LogP contribution in [0.3, 0.4) is 0 Å². The normalized spacial score (nSPS) is 15.6. The van der Waals surface area contributed by atoms with E-state index in [1.165, 1.54) is 19.2 Å². The zero-order valence-electron chi connectivity index (χ0n) is 13.3. The lowest BCUT2D eigenvalue weighted by Crippen LogP contribution is -2.37. The van der Waals surface area contributed by atoms with Gasteiger partial charge in [0.05, 0.1) is 10.6 Å². The van der Waals surface area contributed by atoms with Gasteiger partial charge in [0.25, 0.3) is 5.91 Å². The molecular formula is C15H19ClN2O5S. The van der Waals surface area contributed by atoms with E-state index in [0.29, 0.717) is 5.92 Å². The van der Waals surface area contributed by atoms with E-state index in [1.54, 1.807) is 0 Å². The van der Waals surface area contributed by atoms with Crippen molar-refractivity contribution in [1.29, 1.82) is 0 Å². The quantitative estimate of drug-likeness (QED) is 0.701. The summed E-state index contributed by atoms with van der Waals surface area (Å²) < 4.78 is 30.7. The van der Waals surface area contributed by atoms with Gasteiger partial charge in [-0.3, -0.25) is 4.79 Å². The van der Waals surface area contributed by atoms with Crippen LogP contribution in [0.4, 0.5) is 0 Å². The fraction of sp³-hybridized carbons (Fsp3) is 0.467. The van der Waals surface area contributed by atoms with E-state index < -0.39 is 22.6 Å². The lowest BCUT2D eigenvalue weighted by atomic mass is 10.2. The number of hydrogen-bond acceptors (Lipinski definition) is 5. The Bertz CT molecular complexity index is 746. The van der Waals surface area contributed by atoms with Crippen molar-refractivity contribution in [1.82, 2.24) is 10.0 Å². The Hall–Kier alpha value is -1.64. The molecule has 1 fully saturated rings. The van der Waals surface area contributed by atoms with Crippen LogP contribution in [0.2, 0.25) is 5.02 Å². The molecule has 1 aromatic carbocycles. The van der Waals surface area contributed by atoms with Crippen LogP contribution in [0.25, 0.3) is 0 Å². The number of carbonyl (C=O) groups is 2. The maximum absolute atomic E-state index is 12.0. The van der Waals surface area contributed by atoms with Gasteiger partial charge in [-0.2, -0.15) is 0 Å². The predicted octanol–water partition coefficient (Wildman–Crippen LogP) is 1.32. The molecule has 2 N–H and O–H groups in total. The van der Waals surface area contributed by atoms with Gasteiger partial charge in [-0.25, -0.2) is 17.9 Å². The van der Waals surface area contributed by atoms with Crippen molar-refractivity contribution >= 4 is 33.5 Å². The standard InChI is InChI=1S/C15H19ClN2O5S/c1-9(10-3-4-10)18-14(19)8-23-15(20)11-5-6-12(16)13(7-11)24(21,22)17-2/h5-7,9-10,17H,3-4,8H2,1-2H3,(H,18,19)/t9-/m0/s1. The van der Waals surface area contributed by atoms with Gasteiger partial charge in [-0.1, -0.05) is 11.6 Å². The fourth-order valence-corrected chi connectivity index (χ4v) is 3.42. The van der Waals surface area contributed by atoms with Gasteiger partial charge in [0.2, 0.25) is 10.0 Å². The number of benzene rings is 1. The topological polar surface area (TPSA) is 102 Å². The number of halogens is 1. The molecule has 132 valence electrons. The molecule has 1 aromatic rings. The number of nitrogens with one attached hydrogen (secondary N) is 2. The number of amides is 1. The molecule has 0 unspecified atom stereocenters. The molecule has 1 aliphatic rings. The Morgan fingerprint density at radius 1 is 1.38 bits per heavy atom. The highest BCUT2D eigenvalue weighted by Crippen LogP contribution is 2.32. The monoisotopic (exact) mass is 374 g/mol. The largest absolute Gasteiger partial charge is 0.452 e. The predicted molar refractivity (Wildman–Crippen MR) is 88.3 cm³/mol. The van der Waals surface area contributed by atoms with Gasteiger partial charge in [-0.05, 0) is 50.9 Å². The second-order valence-corrected chi connectivity index (χ2v) is 7.88. The number of carbonyl (C=O) groups excluding carboxylic acids is 2. The van der Waals surface area contributed by atoms with Gasteiger partial charge < -0.3 is 10.1 Å². The van der Waals surface area contributed by atoms with Crippen molar-refractivity contribution < 1.29 is 22.7 Å². The number of sulfonamides is 1. The van der Waals surface area contributed by atoms with Crippen molar-refractivity contribution in [2.24, 2.45) is 5.92 Å². The fourth-order valence-electron chi connectivity index (χ4n) is 2.17. The average Bonchev–Trinajstić information content (AvgIpc) is 3.37. The Kier molecular flexibility index (Phi) is 5.84. The first-order valence-corrected chi connectivity index (χ1v) is 9.30. The molecule has 24 heavy (non-hydrogen) atoms. The van der Waals surface area contributed by atoms with E-state index in [2.05, 4.69) is 10.0 Å². The molecule has 0 bridgehead atoms. The van der Waals surface area contributed by atoms with E-state index in [0.717, 1.165) is 18.9 Å². The van der Waals surface area contributed by atoms with Crippen LogP contribution < -0.4 is 10.0 Å². The molecule has 9 heteroatoms. The molecule has 0 spiro atoms. The Morgan fingerprint density at radius 3 is 2.62 bits per heavy atom. The second-order valence-electron chi connectivity index (χ2n) is 5.62. The molecule has 1 atom stereocenters. The maximum atomic E-state index is 12.0. The van der Waals surface area contributed by atoms with E-state index in [-0.39, 0.29) is 27.4 Å². The molecule has 2 rings (SSSR count). The molecular weight excluding hydrogens is 356 g/mol. The van der Waals surface area contributed by atoms with Gasteiger partial charge in [0.15, 0.2) is 6.61 Å². The lowest BCUT2D eigenvalue weighted by molar-refractivity contribution is -0.124. The third-order valence-corrected chi connectivity index (χ3v) is 5.67. The Morgan fingerprint density at radius 2 is 2.04 bits per heavy atom. The third-order valence-electron chi connectivity index (χ3n) is 3.78. The summed E-state index contributed by atoms with van der Waals surface area (Å²) in [5.41, 5.74) is -0.00346. The first-order valence-electron chi connectivity index (χ1n) is 7.44. The molecule has 1 aliphatic carbocycles. The molecule has 0 heterocycles. The van der Waals surface area contributed by atoms with Gasteiger partial charge >= 0.3 is 5.97 Å². The van der Waals surface area contributed by atoms with Crippen LogP contribution in [-0.2, 0) is 19.6 Å². The summed E-state index contributed by atoms with van der Waals surface area (Å²) in [4.78, 5) is 23.5. The minimum atomic E-state index is -3.80. The zero-order chi connectivity index (χ0) is 17.9. The summed E-state index contributed by atoms with van der Waals surface area (Å²) in [6, 6.07) is 3.79. The van der Waals surface area contributed by atoms with Crippen LogP contribution in [0.1, 0.15) is 30.1 Å². The molecule has 0 aromatic heterocycles. The maximum Gasteiger partial charge on any atom is 0.338 e. The summed E-state index contributed by atoms with van der Waals surface area (Å²) >= 11 is 5.85. The summed E-state index contributed by atoms with van der Waals surface area (Å²) in [5, 5.41) is 2.74. The summed E-state index contributed by atoms with van der Waals surface area (Å²) in [6.07, 6.45) is 2.18. The number of rotatable bonds is 7. The minimum absolute atomic E-state index is 0.00346. The highest BCUT2D eigenvalue weighted by molar-refractivity contribution is 7.89. The van der Waals surface area contributed by atoms with E-state index in [1.807, 2.05) is 6.92 Å². The number of esters is 1. The number of hydrogen-bond donors (Lipinski definition) is 2. The van der Waals surface area contributed by atoms with Crippen molar-refractivity contribution in [2.75, 3.05) is 13.7 Å². The SMILES string of the molecule is CNS(=O)(=O)c1cc(C(=O)OCC(=O)N[C@@H](C)C2CC2)ccc1Cl. The first-order chi connectivity index (χ1) is 11.2. The average molecular weight is 375 g/mol. The van der Waals surface area contributed by atoms with E-state index in [9.17, 15) is 18.0 Å². The second kappa shape index (κ2) is 7.50. The van der Waals surface area contributed by atoms with Crippen molar-refractivity contribution in [3.63, 3.8) is 0 Å². The van der Waals surface area contributed by atoms with E-state index in [4.69, 9.17) is 16.3 Å². The van der Waals surface area contributed by atoms with Crippen LogP contribution in [0.5, 0.6) is 0 Å². The van der Waals surface area contributed by atoms with Crippen LogP contribution in [0.15, 0.2) is 23.1 Å². The van der Waals surface area contributed by atoms with Crippen molar-refractivity contribution in [2.45, 2.75) is 30.7 Å². The molecule has 0 aliphatic heterocycles. The summed E-state index contributed by atoms with van der Waals surface area (Å²) in [7, 11) is -2.57. The van der Waals surface area contributed by atoms with Gasteiger partial charge in [0.1, 0.15) is 4.90 Å². The van der Waals surface area contributed by atoms with Crippen LogP contribution >= 0.6 is 11.6 Å². The van der Waals surface area contributed by atoms with Crippen molar-refractivity contribution in [3.05, 3.63) is 28.8 Å².